The van der Waals surface area contributed by atoms with E-state index in [1.54, 1.807) is 23.9 Å². The minimum absolute atomic E-state index is 0.228. The van der Waals surface area contributed by atoms with Gasteiger partial charge in [-0.2, -0.15) is 5.10 Å². The van der Waals surface area contributed by atoms with Gasteiger partial charge < -0.3 is 5.73 Å². The molecule has 0 unspecified atom stereocenters. The average Bonchev–Trinajstić information content (AvgIpc) is 2.59. The maximum absolute atomic E-state index is 13.6. The van der Waals surface area contributed by atoms with Crippen LogP contribution in [0.25, 0.3) is 11.3 Å². The van der Waals surface area contributed by atoms with E-state index in [0.29, 0.717) is 16.4 Å². The van der Waals surface area contributed by atoms with E-state index >= 15 is 0 Å². The number of hydrogen-bond acceptors (Lipinski definition) is 3. The molecule has 0 atom stereocenters. The van der Waals surface area contributed by atoms with E-state index in [-0.39, 0.29) is 5.82 Å². The van der Waals surface area contributed by atoms with Gasteiger partial charge in [0.25, 0.3) is 0 Å². The van der Waals surface area contributed by atoms with Crippen molar-refractivity contribution in [3.05, 3.63) is 30.1 Å². The van der Waals surface area contributed by atoms with Crippen LogP contribution in [0.5, 0.6) is 0 Å². The summed E-state index contributed by atoms with van der Waals surface area (Å²) >= 11 is 1.37. The molecule has 0 aliphatic carbocycles. The maximum Gasteiger partial charge on any atom is 0.137 e. The molecule has 0 aliphatic heterocycles. The monoisotopic (exact) mass is 237 g/mol. The second-order valence-electron chi connectivity index (χ2n) is 3.40. The van der Waals surface area contributed by atoms with Crippen molar-refractivity contribution >= 4 is 17.6 Å². The molecule has 5 heteroatoms. The molecule has 16 heavy (non-hydrogen) atoms. The minimum atomic E-state index is -0.228. The van der Waals surface area contributed by atoms with Gasteiger partial charge in [-0.3, -0.25) is 4.68 Å². The number of aromatic nitrogens is 2. The Morgan fingerprint density at radius 3 is 2.75 bits per heavy atom. The molecule has 3 nitrogen and oxygen atoms in total. The van der Waals surface area contributed by atoms with Crippen molar-refractivity contribution in [2.75, 3.05) is 12.0 Å². The quantitative estimate of drug-likeness (QED) is 0.816. The van der Waals surface area contributed by atoms with Gasteiger partial charge in [0.05, 0.1) is 10.6 Å². The molecule has 0 saturated heterocycles. The number of thioether (sulfide) groups is 1. The first-order chi connectivity index (χ1) is 7.63. The first-order valence-corrected chi connectivity index (χ1v) is 5.98. The van der Waals surface area contributed by atoms with Gasteiger partial charge in [0.2, 0.25) is 0 Å². The molecular formula is C11H12FN3S. The highest BCUT2D eigenvalue weighted by molar-refractivity contribution is 7.98. The average molecular weight is 237 g/mol. The summed E-state index contributed by atoms with van der Waals surface area (Å²) in [7, 11) is 1.76. The normalized spacial score (nSPS) is 10.7. The van der Waals surface area contributed by atoms with Crippen molar-refractivity contribution in [3.63, 3.8) is 0 Å². The summed E-state index contributed by atoms with van der Waals surface area (Å²) in [5, 5.41) is 4.24. The zero-order valence-electron chi connectivity index (χ0n) is 9.07. The number of aryl methyl sites for hydroxylation is 1. The summed E-state index contributed by atoms with van der Waals surface area (Å²) in [5.41, 5.74) is 7.18. The number of anilines is 1. The SMILES string of the molecule is CSc1c(F)cccc1-c1cc(N)n(C)n1. The van der Waals surface area contributed by atoms with E-state index in [1.165, 1.54) is 17.8 Å². The van der Waals surface area contributed by atoms with Crippen LogP contribution in [0.4, 0.5) is 10.2 Å². The van der Waals surface area contributed by atoms with Gasteiger partial charge in [0, 0.05) is 18.7 Å². The van der Waals surface area contributed by atoms with Crippen molar-refractivity contribution < 1.29 is 4.39 Å². The molecule has 0 spiro atoms. The van der Waals surface area contributed by atoms with Crippen molar-refractivity contribution in [3.8, 4) is 11.3 Å². The largest absolute Gasteiger partial charge is 0.384 e. The van der Waals surface area contributed by atoms with E-state index in [9.17, 15) is 4.39 Å². The fourth-order valence-electron chi connectivity index (χ4n) is 1.53. The molecule has 2 rings (SSSR count). The van der Waals surface area contributed by atoms with Crippen LogP contribution in [0.1, 0.15) is 0 Å². The Bertz CT molecular complexity index is 502. The summed E-state index contributed by atoms with van der Waals surface area (Å²) in [6.07, 6.45) is 1.84. The van der Waals surface area contributed by atoms with Crippen molar-refractivity contribution in [2.24, 2.45) is 7.05 Å². The van der Waals surface area contributed by atoms with Crippen LogP contribution in [0.3, 0.4) is 0 Å². The second-order valence-corrected chi connectivity index (χ2v) is 4.22. The lowest BCUT2D eigenvalue weighted by molar-refractivity contribution is 0.603. The Morgan fingerprint density at radius 2 is 2.19 bits per heavy atom. The summed E-state index contributed by atoms with van der Waals surface area (Å²) in [6, 6.07) is 6.71. The van der Waals surface area contributed by atoms with Crippen molar-refractivity contribution in [1.82, 2.24) is 9.78 Å². The third-order valence-corrected chi connectivity index (χ3v) is 3.19. The second kappa shape index (κ2) is 4.17. The predicted molar refractivity (Wildman–Crippen MR) is 64.8 cm³/mol. The van der Waals surface area contributed by atoms with E-state index in [2.05, 4.69) is 5.10 Å². The highest BCUT2D eigenvalue weighted by Gasteiger charge is 2.12. The summed E-state index contributed by atoms with van der Waals surface area (Å²) in [4.78, 5) is 0.598. The molecule has 0 fully saturated rings. The van der Waals surface area contributed by atoms with Gasteiger partial charge in [0.1, 0.15) is 11.6 Å². The first kappa shape index (κ1) is 11.0. The number of nitrogens with two attached hydrogens (primary N) is 1. The predicted octanol–water partition coefficient (Wildman–Crippen LogP) is 2.53. The number of halogens is 1. The molecule has 0 bridgehead atoms. The Hall–Kier alpha value is -1.49. The Morgan fingerprint density at radius 1 is 1.44 bits per heavy atom. The molecule has 84 valence electrons. The molecular weight excluding hydrogens is 225 g/mol. The zero-order chi connectivity index (χ0) is 11.7. The molecule has 0 saturated carbocycles. The number of rotatable bonds is 2. The number of nitrogen functional groups attached to an aromatic ring is 1. The molecule has 1 aromatic carbocycles. The lowest BCUT2D eigenvalue weighted by atomic mass is 10.1. The van der Waals surface area contributed by atoms with E-state index in [0.717, 1.165) is 5.56 Å². The van der Waals surface area contributed by atoms with Crippen LogP contribution in [-0.4, -0.2) is 16.0 Å². The van der Waals surface area contributed by atoms with Gasteiger partial charge in [-0.05, 0) is 12.3 Å². The van der Waals surface area contributed by atoms with Crippen LogP contribution in [0, 0.1) is 5.82 Å². The van der Waals surface area contributed by atoms with Crippen LogP contribution in [0.2, 0.25) is 0 Å². The lowest BCUT2D eigenvalue weighted by Crippen LogP contribution is -1.96. The highest BCUT2D eigenvalue weighted by Crippen LogP contribution is 2.32. The summed E-state index contributed by atoms with van der Waals surface area (Å²) < 4.78 is 15.1. The molecule has 1 heterocycles. The van der Waals surface area contributed by atoms with Crippen LogP contribution in [0.15, 0.2) is 29.2 Å². The Labute approximate surface area is 97.5 Å². The Balaban J connectivity index is 2.59. The van der Waals surface area contributed by atoms with Crippen LogP contribution < -0.4 is 5.73 Å². The van der Waals surface area contributed by atoms with Crippen LogP contribution in [-0.2, 0) is 7.05 Å². The maximum atomic E-state index is 13.6. The first-order valence-electron chi connectivity index (χ1n) is 4.76. The van der Waals surface area contributed by atoms with E-state index in [4.69, 9.17) is 5.73 Å². The van der Waals surface area contributed by atoms with Crippen molar-refractivity contribution in [1.29, 1.82) is 0 Å². The molecule has 0 aliphatic rings. The number of benzene rings is 1. The zero-order valence-corrected chi connectivity index (χ0v) is 9.88. The fraction of sp³-hybridized carbons (Fsp3) is 0.182. The van der Waals surface area contributed by atoms with Gasteiger partial charge in [-0.15, -0.1) is 11.8 Å². The van der Waals surface area contributed by atoms with Crippen LogP contribution >= 0.6 is 11.8 Å². The smallest absolute Gasteiger partial charge is 0.137 e. The Kier molecular flexibility index (Phi) is 2.87. The van der Waals surface area contributed by atoms with Gasteiger partial charge in [-0.25, -0.2) is 4.39 Å². The molecule has 0 radical (unpaired) electrons. The number of nitrogens with zero attached hydrogens (tertiary/aromatic N) is 2. The molecule has 2 N–H and O–H groups in total. The lowest BCUT2D eigenvalue weighted by Gasteiger charge is -2.05. The standard InChI is InChI=1S/C11H12FN3S/c1-15-10(13)6-9(14-15)7-4-3-5-8(12)11(7)16-2/h3-6H,13H2,1-2H3. The van der Waals surface area contributed by atoms with Gasteiger partial charge in [0.15, 0.2) is 0 Å². The molecule has 2 aromatic rings. The summed E-state index contributed by atoms with van der Waals surface area (Å²) in [6.45, 7) is 0. The highest BCUT2D eigenvalue weighted by atomic mass is 32.2. The number of hydrogen-bond donors (Lipinski definition) is 1. The van der Waals surface area contributed by atoms with E-state index in [1.807, 2.05) is 12.3 Å². The molecule has 0 amide bonds. The topological polar surface area (TPSA) is 43.8 Å². The fourth-order valence-corrected chi connectivity index (χ4v) is 2.19. The summed E-state index contributed by atoms with van der Waals surface area (Å²) in [5.74, 6) is 0.334. The third-order valence-electron chi connectivity index (χ3n) is 2.36. The van der Waals surface area contributed by atoms with Gasteiger partial charge >= 0.3 is 0 Å². The molecule has 1 aromatic heterocycles. The van der Waals surface area contributed by atoms with E-state index < -0.39 is 0 Å². The van der Waals surface area contributed by atoms with Gasteiger partial charge in [-0.1, -0.05) is 12.1 Å². The van der Waals surface area contributed by atoms with Crippen molar-refractivity contribution in [2.45, 2.75) is 4.90 Å². The third kappa shape index (κ3) is 1.78. The minimum Gasteiger partial charge on any atom is -0.384 e.